The van der Waals surface area contributed by atoms with Crippen LogP contribution < -0.4 is 0 Å². The van der Waals surface area contributed by atoms with E-state index in [9.17, 15) is 0 Å². The standard InChI is InChI=1S/C20H12Cl2N4OS/c21-14-7-6-13(11-15(14)22)16-8-9-17(27-16)19-25-26-18(23-24-20(26)28-19)10-12-4-2-1-3-5-12/h1-9,11H,10H2. The maximum atomic E-state index is 6.11. The molecule has 0 aliphatic heterocycles. The van der Waals surface area contributed by atoms with Gasteiger partial charge in [0.25, 0.3) is 0 Å². The molecule has 3 aromatic heterocycles. The monoisotopic (exact) mass is 426 g/mol. The topological polar surface area (TPSA) is 56.2 Å². The van der Waals surface area contributed by atoms with Crippen molar-refractivity contribution in [2.75, 3.05) is 0 Å². The van der Waals surface area contributed by atoms with E-state index in [1.165, 1.54) is 11.3 Å². The molecule has 0 aliphatic carbocycles. The molecular weight excluding hydrogens is 415 g/mol. The average molecular weight is 427 g/mol. The minimum absolute atomic E-state index is 0.487. The molecule has 0 saturated heterocycles. The van der Waals surface area contributed by atoms with Gasteiger partial charge in [-0.15, -0.1) is 15.3 Å². The van der Waals surface area contributed by atoms with Crippen LogP contribution in [0.25, 0.3) is 27.1 Å². The van der Waals surface area contributed by atoms with Crippen LogP contribution in [0.2, 0.25) is 10.0 Å². The summed E-state index contributed by atoms with van der Waals surface area (Å²) in [5.41, 5.74) is 2.01. The molecule has 138 valence electrons. The molecule has 8 heteroatoms. The Morgan fingerprint density at radius 1 is 0.893 bits per heavy atom. The predicted octanol–water partition coefficient (Wildman–Crippen LogP) is 6.01. The molecule has 0 atom stereocenters. The Balaban J connectivity index is 1.47. The molecule has 5 aromatic rings. The fourth-order valence-electron chi connectivity index (χ4n) is 2.90. The van der Waals surface area contributed by atoms with Gasteiger partial charge in [0.1, 0.15) is 5.76 Å². The van der Waals surface area contributed by atoms with E-state index >= 15 is 0 Å². The molecule has 2 aromatic carbocycles. The molecule has 0 saturated carbocycles. The summed E-state index contributed by atoms with van der Waals surface area (Å²) >= 11 is 13.5. The largest absolute Gasteiger partial charge is 0.454 e. The highest BCUT2D eigenvalue weighted by atomic mass is 35.5. The van der Waals surface area contributed by atoms with E-state index in [1.807, 2.05) is 36.4 Å². The summed E-state index contributed by atoms with van der Waals surface area (Å²) in [5.74, 6) is 2.16. The van der Waals surface area contributed by atoms with Crippen LogP contribution in [-0.2, 0) is 6.42 Å². The summed E-state index contributed by atoms with van der Waals surface area (Å²) < 4.78 is 7.76. The van der Waals surface area contributed by atoms with E-state index < -0.39 is 0 Å². The molecule has 5 rings (SSSR count). The number of hydrogen-bond acceptors (Lipinski definition) is 5. The van der Waals surface area contributed by atoms with Crippen LogP contribution in [0.4, 0.5) is 0 Å². The maximum Gasteiger partial charge on any atom is 0.235 e. The molecule has 0 aliphatic rings. The molecule has 5 nitrogen and oxygen atoms in total. The predicted molar refractivity (Wildman–Crippen MR) is 111 cm³/mol. The summed E-state index contributed by atoms with van der Waals surface area (Å²) in [6, 6.07) is 19.3. The van der Waals surface area contributed by atoms with Crippen molar-refractivity contribution in [2.24, 2.45) is 0 Å². The van der Waals surface area contributed by atoms with E-state index in [1.54, 1.807) is 16.6 Å². The highest BCUT2D eigenvalue weighted by molar-refractivity contribution is 7.19. The summed E-state index contributed by atoms with van der Waals surface area (Å²) in [6.07, 6.45) is 0.665. The quantitative estimate of drug-likeness (QED) is 0.353. The van der Waals surface area contributed by atoms with E-state index in [2.05, 4.69) is 27.4 Å². The second kappa shape index (κ2) is 7.05. The molecule has 28 heavy (non-hydrogen) atoms. The summed E-state index contributed by atoms with van der Waals surface area (Å²) in [7, 11) is 0. The van der Waals surface area contributed by atoms with Gasteiger partial charge in [-0.3, -0.25) is 0 Å². The van der Waals surface area contributed by atoms with Crippen molar-refractivity contribution in [1.29, 1.82) is 0 Å². The number of nitrogens with zero attached hydrogens (tertiary/aromatic N) is 4. The number of rotatable bonds is 4. The first-order valence-electron chi connectivity index (χ1n) is 8.48. The van der Waals surface area contributed by atoms with Crippen molar-refractivity contribution in [3.8, 4) is 22.1 Å². The summed E-state index contributed by atoms with van der Waals surface area (Å²) in [5, 5.41) is 14.9. The van der Waals surface area contributed by atoms with Gasteiger partial charge in [0.05, 0.1) is 10.0 Å². The second-order valence-electron chi connectivity index (χ2n) is 6.17. The molecule has 0 fully saturated rings. The van der Waals surface area contributed by atoms with Crippen LogP contribution in [0.3, 0.4) is 0 Å². The number of fused-ring (bicyclic) bond motifs is 1. The van der Waals surface area contributed by atoms with Crippen molar-refractivity contribution < 1.29 is 4.42 Å². The third-order valence-corrected chi connectivity index (χ3v) is 5.93. The van der Waals surface area contributed by atoms with Crippen molar-refractivity contribution >= 4 is 39.5 Å². The SMILES string of the molecule is Clc1ccc(-c2ccc(-c3nn4c(Cc5ccccc5)nnc4s3)o2)cc1Cl. The molecule has 0 bridgehead atoms. The zero-order valence-electron chi connectivity index (χ0n) is 14.3. The van der Waals surface area contributed by atoms with Crippen molar-refractivity contribution in [2.45, 2.75) is 6.42 Å². The minimum Gasteiger partial charge on any atom is -0.454 e. The molecule has 0 amide bonds. The van der Waals surface area contributed by atoms with Gasteiger partial charge in [0.2, 0.25) is 4.96 Å². The van der Waals surface area contributed by atoms with Crippen molar-refractivity contribution in [3.05, 3.63) is 82.1 Å². The normalized spacial score (nSPS) is 11.4. The van der Waals surface area contributed by atoms with E-state index in [0.29, 0.717) is 28.0 Å². The minimum atomic E-state index is 0.487. The van der Waals surface area contributed by atoms with Crippen molar-refractivity contribution in [3.63, 3.8) is 0 Å². The van der Waals surface area contributed by atoms with Crippen LogP contribution in [-0.4, -0.2) is 19.8 Å². The zero-order chi connectivity index (χ0) is 19.1. The molecular formula is C20H12Cl2N4OS. The summed E-state index contributed by atoms with van der Waals surface area (Å²) in [6.45, 7) is 0. The number of aromatic nitrogens is 4. The molecule has 0 N–H and O–H groups in total. The van der Waals surface area contributed by atoms with Gasteiger partial charge >= 0.3 is 0 Å². The highest BCUT2D eigenvalue weighted by Gasteiger charge is 2.16. The molecule has 3 heterocycles. The van der Waals surface area contributed by atoms with E-state index in [0.717, 1.165) is 26.9 Å². The third-order valence-electron chi connectivity index (χ3n) is 4.28. The smallest absolute Gasteiger partial charge is 0.235 e. The van der Waals surface area contributed by atoms with Gasteiger partial charge in [0.15, 0.2) is 16.6 Å². The van der Waals surface area contributed by atoms with Gasteiger partial charge in [-0.1, -0.05) is 64.9 Å². The Morgan fingerprint density at radius 2 is 1.71 bits per heavy atom. The van der Waals surface area contributed by atoms with E-state index in [-0.39, 0.29) is 0 Å². The lowest BCUT2D eigenvalue weighted by atomic mass is 10.1. The van der Waals surface area contributed by atoms with Gasteiger partial charge in [0, 0.05) is 12.0 Å². The zero-order valence-corrected chi connectivity index (χ0v) is 16.7. The first-order valence-corrected chi connectivity index (χ1v) is 10.1. The first kappa shape index (κ1) is 17.4. The molecule has 0 spiro atoms. The number of halogens is 2. The van der Waals surface area contributed by atoms with Crippen LogP contribution in [0.15, 0.2) is 65.1 Å². The Morgan fingerprint density at radius 3 is 2.54 bits per heavy atom. The van der Waals surface area contributed by atoms with Crippen LogP contribution in [0.5, 0.6) is 0 Å². The van der Waals surface area contributed by atoms with Crippen LogP contribution >= 0.6 is 34.5 Å². The Bertz CT molecular complexity index is 1280. The highest BCUT2D eigenvalue weighted by Crippen LogP contribution is 2.33. The lowest BCUT2D eigenvalue weighted by Crippen LogP contribution is -1.97. The number of hydrogen-bond donors (Lipinski definition) is 0. The molecule has 0 unspecified atom stereocenters. The fraction of sp³-hybridized carbons (Fsp3) is 0.0500. The Hall–Kier alpha value is -2.67. The average Bonchev–Trinajstić information content (AvgIpc) is 3.42. The van der Waals surface area contributed by atoms with Crippen LogP contribution in [0, 0.1) is 0 Å². The summed E-state index contributed by atoms with van der Waals surface area (Å²) in [4.78, 5) is 0.730. The van der Waals surface area contributed by atoms with Gasteiger partial charge in [-0.25, -0.2) is 0 Å². The van der Waals surface area contributed by atoms with Gasteiger partial charge < -0.3 is 4.42 Å². The Labute approximate surface area is 174 Å². The molecule has 0 radical (unpaired) electrons. The van der Waals surface area contributed by atoms with Crippen molar-refractivity contribution in [1.82, 2.24) is 19.8 Å². The van der Waals surface area contributed by atoms with Gasteiger partial charge in [-0.2, -0.15) is 4.52 Å². The fourth-order valence-corrected chi connectivity index (χ4v) is 4.02. The lowest BCUT2D eigenvalue weighted by molar-refractivity contribution is 0.595. The number of benzene rings is 2. The maximum absolute atomic E-state index is 6.11. The second-order valence-corrected chi connectivity index (χ2v) is 7.94. The van der Waals surface area contributed by atoms with E-state index in [4.69, 9.17) is 27.6 Å². The van der Waals surface area contributed by atoms with Crippen LogP contribution in [0.1, 0.15) is 11.4 Å². The third kappa shape index (κ3) is 3.20. The van der Waals surface area contributed by atoms with Gasteiger partial charge in [-0.05, 0) is 35.9 Å². The lowest BCUT2D eigenvalue weighted by Gasteiger charge is -1.99. The number of furan rings is 1. The Kier molecular flexibility index (Phi) is 4.39. The first-order chi connectivity index (χ1) is 13.7.